The summed E-state index contributed by atoms with van der Waals surface area (Å²) in [5.74, 6) is 0.518. The molecule has 0 radical (unpaired) electrons. The molecule has 0 fully saturated rings. The molecule has 0 spiro atoms. The molecule has 0 aliphatic heterocycles. The number of alkyl halides is 1. The Morgan fingerprint density at radius 1 is 1.32 bits per heavy atom. The normalized spacial score (nSPS) is 13.2. The van der Waals surface area contributed by atoms with Gasteiger partial charge in [0.25, 0.3) is 0 Å². The summed E-state index contributed by atoms with van der Waals surface area (Å²) in [6.45, 7) is 6.38. The van der Waals surface area contributed by atoms with Gasteiger partial charge in [-0.1, -0.05) is 37.8 Å². The lowest BCUT2D eigenvalue weighted by Crippen LogP contribution is -2.21. The number of ether oxygens (including phenoxy) is 1. The second-order valence-corrected chi connectivity index (χ2v) is 6.08. The highest BCUT2D eigenvalue weighted by molar-refractivity contribution is 7.98. The zero-order valence-corrected chi connectivity index (χ0v) is 13.7. The van der Waals surface area contributed by atoms with Crippen LogP contribution >= 0.6 is 11.8 Å². The molecular weight excluding hydrogens is 303 g/mol. The molecule has 0 aliphatic rings. The van der Waals surface area contributed by atoms with E-state index < -0.39 is 12.1 Å². The molecule has 1 rings (SSSR count). The maximum Gasteiger partial charge on any atom is 0.330 e. The van der Waals surface area contributed by atoms with Gasteiger partial charge in [-0.2, -0.15) is 11.8 Å². The predicted octanol–water partition coefficient (Wildman–Crippen LogP) is 3.88. The minimum atomic E-state index is -0.961. The van der Waals surface area contributed by atoms with Gasteiger partial charge < -0.3 is 4.74 Å². The largest absolute Gasteiger partial charge is 0.455 e. The van der Waals surface area contributed by atoms with E-state index in [1.54, 1.807) is 23.9 Å². The Morgan fingerprint density at radius 2 is 1.95 bits per heavy atom. The van der Waals surface area contributed by atoms with Crippen LogP contribution in [0.5, 0.6) is 0 Å². The van der Waals surface area contributed by atoms with Crippen molar-refractivity contribution in [3.63, 3.8) is 0 Å². The van der Waals surface area contributed by atoms with Gasteiger partial charge in [0, 0.05) is 23.5 Å². The number of thioether (sulfide) groups is 1. The summed E-state index contributed by atoms with van der Waals surface area (Å²) in [4.78, 5) is 22.6. The predicted molar refractivity (Wildman–Crippen MR) is 87.5 cm³/mol. The lowest BCUT2D eigenvalue weighted by Gasteiger charge is -2.10. The van der Waals surface area contributed by atoms with Gasteiger partial charge in [0.05, 0.1) is 0 Å². The Labute approximate surface area is 134 Å². The Balaban J connectivity index is 2.32. The molecule has 0 aromatic heterocycles. The van der Waals surface area contributed by atoms with E-state index >= 15 is 0 Å². The van der Waals surface area contributed by atoms with Crippen molar-refractivity contribution in [3.8, 4) is 0 Å². The summed E-state index contributed by atoms with van der Waals surface area (Å²) in [7, 11) is 0. The molecule has 2 atom stereocenters. The summed E-state index contributed by atoms with van der Waals surface area (Å²) in [6, 6.07) is 7.36. The van der Waals surface area contributed by atoms with Crippen molar-refractivity contribution < 1.29 is 18.7 Å². The fourth-order valence-corrected chi connectivity index (χ4v) is 2.75. The van der Waals surface area contributed by atoms with Gasteiger partial charge in [0.15, 0.2) is 12.4 Å². The molecule has 0 saturated heterocycles. The van der Waals surface area contributed by atoms with Crippen LogP contribution in [0.25, 0.3) is 0 Å². The van der Waals surface area contributed by atoms with E-state index in [1.165, 1.54) is 6.92 Å². The SMILES string of the molecule is C=CC(=O)OCC(=O)C(C)CSCc1ccc(C(C)F)cc1. The number of carbonyl (C=O) groups is 2. The first-order chi connectivity index (χ1) is 10.4. The molecule has 3 nitrogen and oxygen atoms in total. The number of ketones is 1. The van der Waals surface area contributed by atoms with Gasteiger partial charge in [0.2, 0.25) is 0 Å². The zero-order valence-electron chi connectivity index (χ0n) is 12.9. The van der Waals surface area contributed by atoms with Gasteiger partial charge in [-0.15, -0.1) is 0 Å². The van der Waals surface area contributed by atoms with E-state index in [0.29, 0.717) is 11.3 Å². The summed E-state index contributed by atoms with van der Waals surface area (Å²) in [6.07, 6.45) is 0.0758. The number of benzene rings is 1. The Hall–Kier alpha value is -1.62. The first-order valence-corrected chi connectivity index (χ1v) is 8.22. The first kappa shape index (κ1) is 18.4. The number of hydrogen-bond acceptors (Lipinski definition) is 4. The molecule has 120 valence electrons. The maximum atomic E-state index is 13.1. The number of Topliss-reactive ketones (excluding diaryl/α,β-unsaturated/α-hetero) is 1. The molecular formula is C17H21FO3S. The molecule has 22 heavy (non-hydrogen) atoms. The van der Waals surface area contributed by atoms with Crippen molar-refractivity contribution in [2.24, 2.45) is 5.92 Å². The van der Waals surface area contributed by atoms with Crippen LogP contribution in [-0.4, -0.2) is 24.1 Å². The molecule has 0 saturated carbocycles. The van der Waals surface area contributed by atoms with E-state index in [4.69, 9.17) is 4.74 Å². The third-order valence-electron chi connectivity index (χ3n) is 3.15. The van der Waals surface area contributed by atoms with E-state index in [2.05, 4.69) is 6.58 Å². The van der Waals surface area contributed by atoms with E-state index in [-0.39, 0.29) is 18.3 Å². The van der Waals surface area contributed by atoms with E-state index in [0.717, 1.165) is 17.4 Å². The highest BCUT2D eigenvalue weighted by Crippen LogP contribution is 2.20. The van der Waals surface area contributed by atoms with Crippen LogP contribution in [0.4, 0.5) is 4.39 Å². The highest BCUT2D eigenvalue weighted by atomic mass is 32.2. The monoisotopic (exact) mass is 324 g/mol. The average molecular weight is 324 g/mol. The fraction of sp³-hybridized carbons (Fsp3) is 0.412. The van der Waals surface area contributed by atoms with E-state index in [1.807, 2.05) is 19.1 Å². The minimum absolute atomic E-state index is 0.107. The van der Waals surface area contributed by atoms with Crippen LogP contribution in [0.1, 0.15) is 31.1 Å². The van der Waals surface area contributed by atoms with Crippen LogP contribution in [0.3, 0.4) is 0 Å². The van der Waals surface area contributed by atoms with Crippen LogP contribution in [0.2, 0.25) is 0 Å². The third-order valence-corrected chi connectivity index (χ3v) is 4.42. The average Bonchev–Trinajstić information content (AvgIpc) is 2.52. The Kier molecular flexibility index (Phi) is 7.88. The smallest absolute Gasteiger partial charge is 0.330 e. The third kappa shape index (κ3) is 6.43. The lowest BCUT2D eigenvalue weighted by atomic mass is 10.1. The van der Waals surface area contributed by atoms with Crippen LogP contribution < -0.4 is 0 Å². The molecule has 5 heteroatoms. The first-order valence-electron chi connectivity index (χ1n) is 7.06. The zero-order chi connectivity index (χ0) is 16.5. The van der Waals surface area contributed by atoms with Crippen molar-refractivity contribution in [2.75, 3.05) is 12.4 Å². The summed E-state index contributed by atoms with van der Waals surface area (Å²) >= 11 is 1.62. The van der Waals surface area contributed by atoms with Crippen LogP contribution in [0, 0.1) is 5.92 Å². The number of rotatable bonds is 9. The Morgan fingerprint density at radius 3 is 2.50 bits per heavy atom. The minimum Gasteiger partial charge on any atom is -0.455 e. The lowest BCUT2D eigenvalue weighted by molar-refractivity contribution is -0.144. The fourth-order valence-electron chi connectivity index (χ4n) is 1.67. The van der Waals surface area contributed by atoms with Crippen molar-refractivity contribution in [1.82, 2.24) is 0 Å². The molecule has 1 aromatic carbocycles. The van der Waals surface area contributed by atoms with Crippen molar-refractivity contribution in [1.29, 1.82) is 0 Å². The summed E-state index contributed by atoms with van der Waals surface area (Å²) in [5, 5.41) is 0. The summed E-state index contributed by atoms with van der Waals surface area (Å²) < 4.78 is 17.8. The van der Waals surface area contributed by atoms with Gasteiger partial charge in [0.1, 0.15) is 6.17 Å². The molecule has 0 heterocycles. The van der Waals surface area contributed by atoms with E-state index in [9.17, 15) is 14.0 Å². The maximum absolute atomic E-state index is 13.1. The van der Waals surface area contributed by atoms with Crippen LogP contribution in [-0.2, 0) is 20.1 Å². The van der Waals surface area contributed by atoms with Crippen LogP contribution in [0.15, 0.2) is 36.9 Å². The molecule has 0 aliphatic carbocycles. The van der Waals surface area contributed by atoms with Gasteiger partial charge in [-0.25, -0.2) is 9.18 Å². The highest BCUT2D eigenvalue weighted by Gasteiger charge is 2.14. The number of hydrogen-bond donors (Lipinski definition) is 0. The van der Waals surface area contributed by atoms with Crippen molar-refractivity contribution in [2.45, 2.75) is 25.8 Å². The van der Waals surface area contributed by atoms with Gasteiger partial charge >= 0.3 is 5.97 Å². The standard InChI is InChI=1S/C17H21FO3S/c1-4-17(20)21-9-16(19)12(2)10-22-11-14-5-7-15(8-6-14)13(3)18/h4-8,12-13H,1,9-11H2,2-3H3. The molecule has 0 N–H and O–H groups in total. The Bertz CT molecular complexity index is 511. The van der Waals surface area contributed by atoms with Gasteiger partial charge in [-0.3, -0.25) is 4.79 Å². The number of halogens is 1. The van der Waals surface area contributed by atoms with Gasteiger partial charge in [-0.05, 0) is 18.1 Å². The second kappa shape index (κ2) is 9.41. The quantitative estimate of drug-likeness (QED) is 0.511. The number of carbonyl (C=O) groups excluding carboxylic acids is 2. The molecule has 2 unspecified atom stereocenters. The molecule has 0 bridgehead atoms. The number of esters is 1. The molecule has 0 amide bonds. The second-order valence-electron chi connectivity index (χ2n) is 5.05. The topological polar surface area (TPSA) is 43.4 Å². The molecule has 1 aromatic rings. The van der Waals surface area contributed by atoms with Crippen molar-refractivity contribution in [3.05, 3.63) is 48.0 Å². The summed E-state index contributed by atoms with van der Waals surface area (Å²) in [5.41, 5.74) is 1.76. The van der Waals surface area contributed by atoms with Crippen molar-refractivity contribution >= 4 is 23.5 Å².